The van der Waals surface area contributed by atoms with Gasteiger partial charge in [-0.15, -0.1) is 0 Å². The van der Waals surface area contributed by atoms with Crippen molar-refractivity contribution in [3.8, 4) is 11.5 Å². The topological polar surface area (TPSA) is 54.0 Å². The molecule has 3 rings (SSSR count). The number of hydrogen-bond donors (Lipinski definition) is 1. The summed E-state index contributed by atoms with van der Waals surface area (Å²) in [6, 6.07) is 12.2. The SMILES string of the molecule is COc1cc(C(=O)NCCCN2CCN(c3cccc(C)c3)CC2)cc(OC)c1C. The number of rotatable bonds is 8. The average molecular weight is 412 g/mol. The lowest BCUT2D eigenvalue weighted by molar-refractivity contribution is 0.0950. The number of nitrogens with zero attached hydrogens (tertiary/aromatic N) is 2. The summed E-state index contributed by atoms with van der Waals surface area (Å²) in [6.07, 6.45) is 0.927. The van der Waals surface area contributed by atoms with Crippen LogP contribution in [0.15, 0.2) is 36.4 Å². The molecule has 0 aliphatic carbocycles. The van der Waals surface area contributed by atoms with E-state index >= 15 is 0 Å². The quantitative estimate of drug-likeness (QED) is 0.676. The van der Waals surface area contributed by atoms with Crippen LogP contribution in [-0.2, 0) is 0 Å². The fourth-order valence-electron chi connectivity index (χ4n) is 3.88. The van der Waals surface area contributed by atoms with Gasteiger partial charge in [0.1, 0.15) is 11.5 Å². The highest BCUT2D eigenvalue weighted by Gasteiger charge is 2.17. The number of piperazine rings is 1. The largest absolute Gasteiger partial charge is 0.496 e. The second kappa shape index (κ2) is 10.3. The van der Waals surface area contributed by atoms with E-state index in [1.54, 1.807) is 26.4 Å². The highest BCUT2D eigenvalue weighted by molar-refractivity contribution is 5.95. The van der Waals surface area contributed by atoms with E-state index in [0.717, 1.165) is 44.7 Å². The summed E-state index contributed by atoms with van der Waals surface area (Å²) in [5.74, 6) is 1.22. The molecule has 162 valence electrons. The van der Waals surface area contributed by atoms with Gasteiger partial charge in [-0.05, 0) is 56.6 Å². The Morgan fingerprint density at radius 1 is 1.00 bits per heavy atom. The van der Waals surface area contributed by atoms with E-state index in [1.165, 1.54) is 11.3 Å². The maximum atomic E-state index is 12.5. The van der Waals surface area contributed by atoms with E-state index in [-0.39, 0.29) is 5.91 Å². The predicted octanol–water partition coefficient (Wildman–Crippen LogP) is 3.26. The van der Waals surface area contributed by atoms with Gasteiger partial charge in [0, 0.05) is 49.5 Å². The van der Waals surface area contributed by atoms with Crippen LogP contribution >= 0.6 is 0 Å². The molecule has 1 saturated heterocycles. The first-order valence-corrected chi connectivity index (χ1v) is 10.6. The molecule has 0 radical (unpaired) electrons. The molecule has 2 aromatic rings. The smallest absolute Gasteiger partial charge is 0.251 e. The van der Waals surface area contributed by atoms with Crippen molar-refractivity contribution >= 4 is 11.6 Å². The summed E-state index contributed by atoms with van der Waals surface area (Å²) < 4.78 is 10.7. The van der Waals surface area contributed by atoms with Crippen molar-refractivity contribution in [3.05, 3.63) is 53.1 Å². The first-order valence-electron chi connectivity index (χ1n) is 10.6. The first kappa shape index (κ1) is 22.0. The molecule has 1 N–H and O–H groups in total. The molecule has 0 bridgehead atoms. The van der Waals surface area contributed by atoms with E-state index in [1.807, 2.05) is 6.92 Å². The van der Waals surface area contributed by atoms with Crippen molar-refractivity contribution in [2.24, 2.45) is 0 Å². The summed E-state index contributed by atoms with van der Waals surface area (Å²) in [7, 11) is 3.20. The van der Waals surface area contributed by atoms with Gasteiger partial charge in [-0.25, -0.2) is 0 Å². The number of benzene rings is 2. The predicted molar refractivity (Wildman–Crippen MR) is 121 cm³/mol. The minimum absolute atomic E-state index is 0.101. The van der Waals surface area contributed by atoms with Gasteiger partial charge in [-0.1, -0.05) is 12.1 Å². The number of carbonyl (C=O) groups is 1. The lowest BCUT2D eigenvalue weighted by atomic mass is 10.1. The molecular formula is C24H33N3O3. The number of anilines is 1. The van der Waals surface area contributed by atoms with Crippen LogP contribution < -0.4 is 19.7 Å². The summed E-state index contributed by atoms with van der Waals surface area (Å²) in [6.45, 7) is 9.87. The lowest BCUT2D eigenvalue weighted by Crippen LogP contribution is -2.47. The normalized spacial score (nSPS) is 14.5. The minimum Gasteiger partial charge on any atom is -0.496 e. The van der Waals surface area contributed by atoms with Gasteiger partial charge < -0.3 is 19.7 Å². The number of methoxy groups -OCH3 is 2. The molecule has 0 unspecified atom stereocenters. The van der Waals surface area contributed by atoms with Crippen molar-refractivity contribution in [3.63, 3.8) is 0 Å². The van der Waals surface area contributed by atoms with Crippen molar-refractivity contribution in [1.29, 1.82) is 0 Å². The van der Waals surface area contributed by atoms with E-state index < -0.39 is 0 Å². The molecule has 0 spiro atoms. The van der Waals surface area contributed by atoms with E-state index in [4.69, 9.17) is 9.47 Å². The van der Waals surface area contributed by atoms with Crippen molar-refractivity contribution < 1.29 is 14.3 Å². The number of carbonyl (C=O) groups excluding carboxylic acids is 1. The Morgan fingerprint density at radius 3 is 2.27 bits per heavy atom. The van der Waals surface area contributed by atoms with Gasteiger partial charge in [-0.3, -0.25) is 9.69 Å². The van der Waals surface area contributed by atoms with Crippen LogP contribution in [-0.4, -0.2) is 64.3 Å². The first-order chi connectivity index (χ1) is 14.5. The van der Waals surface area contributed by atoms with Crippen LogP contribution in [0, 0.1) is 13.8 Å². The Balaban J connectivity index is 1.42. The van der Waals surface area contributed by atoms with Crippen LogP contribution in [0.25, 0.3) is 0 Å². The van der Waals surface area contributed by atoms with Crippen LogP contribution in [0.5, 0.6) is 11.5 Å². The third kappa shape index (κ3) is 5.45. The highest BCUT2D eigenvalue weighted by Crippen LogP contribution is 2.29. The maximum absolute atomic E-state index is 12.5. The third-order valence-corrected chi connectivity index (χ3v) is 5.69. The number of ether oxygens (including phenoxy) is 2. The molecule has 30 heavy (non-hydrogen) atoms. The fraction of sp³-hybridized carbons (Fsp3) is 0.458. The van der Waals surface area contributed by atoms with Gasteiger partial charge in [0.2, 0.25) is 0 Å². The van der Waals surface area contributed by atoms with Crippen molar-refractivity contribution in [1.82, 2.24) is 10.2 Å². The number of nitrogens with one attached hydrogen (secondary N) is 1. The molecule has 2 aromatic carbocycles. The van der Waals surface area contributed by atoms with E-state index in [2.05, 4.69) is 46.3 Å². The summed E-state index contributed by atoms with van der Waals surface area (Å²) in [5.41, 5.74) is 4.06. The molecule has 6 nitrogen and oxygen atoms in total. The molecule has 1 aliphatic rings. The van der Waals surface area contributed by atoms with Gasteiger partial charge >= 0.3 is 0 Å². The Bertz CT molecular complexity index is 836. The Labute approximate surface area is 179 Å². The van der Waals surface area contributed by atoms with Crippen molar-refractivity contribution in [2.75, 3.05) is 58.4 Å². The van der Waals surface area contributed by atoms with Crippen LogP contribution in [0.2, 0.25) is 0 Å². The Kier molecular flexibility index (Phi) is 7.57. The Hall–Kier alpha value is -2.73. The number of hydrogen-bond acceptors (Lipinski definition) is 5. The van der Waals surface area contributed by atoms with Gasteiger partial charge in [0.25, 0.3) is 5.91 Å². The zero-order valence-electron chi connectivity index (χ0n) is 18.5. The highest BCUT2D eigenvalue weighted by atomic mass is 16.5. The Morgan fingerprint density at radius 2 is 1.67 bits per heavy atom. The van der Waals surface area contributed by atoms with E-state index in [0.29, 0.717) is 23.6 Å². The lowest BCUT2D eigenvalue weighted by Gasteiger charge is -2.36. The number of amides is 1. The molecule has 0 saturated carbocycles. The second-order valence-corrected chi connectivity index (χ2v) is 7.78. The summed E-state index contributed by atoms with van der Waals surface area (Å²) in [4.78, 5) is 17.4. The van der Waals surface area contributed by atoms with Crippen LogP contribution in [0.1, 0.15) is 27.9 Å². The standard InChI is InChI=1S/C24H33N3O3/c1-18-7-5-8-21(15-18)27-13-11-26(12-14-27)10-6-9-25-24(28)20-16-22(29-3)19(2)23(17-20)30-4/h5,7-8,15-17H,6,9-14H2,1-4H3,(H,25,28). The second-order valence-electron chi connectivity index (χ2n) is 7.78. The fourth-order valence-corrected chi connectivity index (χ4v) is 3.88. The van der Waals surface area contributed by atoms with Gasteiger partial charge in [-0.2, -0.15) is 0 Å². The minimum atomic E-state index is -0.101. The maximum Gasteiger partial charge on any atom is 0.251 e. The summed E-state index contributed by atoms with van der Waals surface area (Å²) >= 11 is 0. The molecule has 1 aliphatic heterocycles. The van der Waals surface area contributed by atoms with Crippen molar-refractivity contribution in [2.45, 2.75) is 20.3 Å². The average Bonchev–Trinajstić information content (AvgIpc) is 2.77. The molecule has 1 heterocycles. The number of aryl methyl sites for hydroxylation is 1. The molecule has 1 amide bonds. The van der Waals surface area contributed by atoms with E-state index in [9.17, 15) is 4.79 Å². The molecule has 0 atom stereocenters. The zero-order valence-corrected chi connectivity index (χ0v) is 18.5. The monoisotopic (exact) mass is 411 g/mol. The molecule has 0 aromatic heterocycles. The van der Waals surface area contributed by atoms with Crippen LogP contribution in [0.3, 0.4) is 0 Å². The van der Waals surface area contributed by atoms with Gasteiger partial charge in [0.15, 0.2) is 0 Å². The van der Waals surface area contributed by atoms with Gasteiger partial charge in [0.05, 0.1) is 14.2 Å². The molecule has 1 fully saturated rings. The third-order valence-electron chi connectivity index (χ3n) is 5.69. The van der Waals surface area contributed by atoms with Crippen LogP contribution in [0.4, 0.5) is 5.69 Å². The zero-order chi connectivity index (χ0) is 21.5. The summed E-state index contributed by atoms with van der Waals surface area (Å²) in [5, 5.41) is 3.01. The molecule has 6 heteroatoms. The molecular weight excluding hydrogens is 378 g/mol.